The molecule has 2 nitrogen and oxygen atoms in total. The minimum Gasteiger partial charge on any atom is -0.456 e. The second kappa shape index (κ2) is 9.86. The van der Waals surface area contributed by atoms with Crippen LogP contribution in [0.5, 0.6) is 0 Å². The highest BCUT2D eigenvalue weighted by molar-refractivity contribution is 6.23. The maximum Gasteiger partial charge on any atom is 0.135 e. The third-order valence-corrected chi connectivity index (χ3v) is 8.82. The summed E-state index contributed by atoms with van der Waals surface area (Å²) in [7, 11) is 0. The van der Waals surface area contributed by atoms with Crippen LogP contribution in [-0.2, 0) is 0 Å². The van der Waals surface area contributed by atoms with Gasteiger partial charge in [0.15, 0.2) is 0 Å². The molecule has 0 aliphatic carbocycles. The Morgan fingerprint density at radius 1 is 0.364 bits per heavy atom. The molecule has 1 heterocycles. The zero-order chi connectivity index (χ0) is 29.0. The maximum absolute atomic E-state index is 6.23. The zero-order valence-corrected chi connectivity index (χ0v) is 23.9. The van der Waals surface area contributed by atoms with Crippen molar-refractivity contribution in [3.8, 4) is 11.1 Å². The van der Waals surface area contributed by atoms with Crippen LogP contribution < -0.4 is 4.90 Å². The predicted octanol–water partition coefficient (Wildman–Crippen LogP) is 12.2. The van der Waals surface area contributed by atoms with E-state index in [2.05, 4.69) is 157 Å². The molecule has 2 heteroatoms. The van der Waals surface area contributed by atoms with Crippen LogP contribution in [-0.4, -0.2) is 0 Å². The quantitative estimate of drug-likeness (QED) is 0.199. The van der Waals surface area contributed by atoms with Crippen molar-refractivity contribution < 1.29 is 4.42 Å². The molecule has 0 atom stereocenters. The highest BCUT2D eigenvalue weighted by Gasteiger charge is 2.20. The van der Waals surface area contributed by atoms with Crippen molar-refractivity contribution in [2.45, 2.75) is 0 Å². The van der Waals surface area contributed by atoms with Crippen molar-refractivity contribution in [2.24, 2.45) is 0 Å². The molecule has 0 amide bonds. The summed E-state index contributed by atoms with van der Waals surface area (Å²) in [6.45, 7) is 0. The number of furan rings is 1. The fourth-order valence-corrected chi connectivity index (χ4v) is 6.75. The van der Waals surface area contributed by atoms with Gasteiger partial charge in [-0.15, -0.1) is 0 Å². The van der Waals surface area contributed by atoms with Crippen molar-refractivity contribution in [1.82, 2.24) is 0 Å². The first-order valence-electron chi connectivity index (χ1n) is 15.0. The van der Waals surface area contributed by atoms with Crippen LogP contribution in [0.25, 0.3) is 65.4 Å². The molecule has 0 radical (unpaired) electrons. The molecule has 0 aliphatic rings. The molecular formula is C42H27NO. The molecule has 44 heavy (non-hydrogen) atoms. The Labute approximate surface area is 255 Å². The van der Waals surface area contributed by atoms with E-state index in [1.54, 1.807) is 0 Å². The Balaban J connectivity index is 1.37. The van der Waals surface area contributed by atoms with Crippen LogP contribution in [0, 0.1) is 0 Å². The van der Waals surface area contributed by atoms with Gasteiger partial charge in [-0.25, -0.2) is 0 Å². The van der Waals surface area contributed by atoms with E-state index in [0.717, 1.165) is 39.0 Å². The number of nitrogens with zero attached hydrogens (tertiary/aromatic N) is 1. The third kappa shape index (κ3) is 3.89. The summed E-state index contributed by atoms with van der Waals surface area (Å²) in [6, 6.07) is 58.7. The molecule has 0 N–H and O–H groups in total. The average molecular weight is 562 g/mol. The lowest BCUT2D eigenvalue weighted by molar-refractivity contribution is 0.669. The summed E-state index contributed by atoms with van der Waals surface area (Å²) in [5, 5.41) is 9.66. The second-order valence-electron chi connectivity index (χ2n) is 11.4. The molecule has 0 fully saturated rings. The van der Waals surface area contributed by atoms with Crippen molar-refractivity contribution in [1.29, 1.82) is 0 Å². The summed E-state index contributed by atoms with van der Waals surface area (Å²) in [4.78, 5) is 2.41. The number of para-hydroxylation sites is 1. The SMILES string of the molecule is c1ccc(-c2ccc(N(c3ccc4oc5ccccc5c4c3)c3cc4ccccc4c4ccc5ccccc5c34)cc2)cc1. The molecule has 0 spiro atoms. The fourth-order valence-electron chi connectivity index (χ4n) is 6.75. The number of fused-ring (bicyclic) bond motifs is 8. The van der Waals surface area contributed by atoms with Crippen molar-refractivity contribution in [2.75, 3.05) is 4.90 Å². The van der Waals surface area contributed by atoms with Crippen LogP contribution in [0.3, 0.4) is 0 Å². The van der Waals surface area contributed by atoms with Crippen molar-refractivity contribution >= 4 is 71.3 Å². The number of anilines is 3. The first kappa shape index (κ1) is 24.7. The lowest BCUT2D eigenvalue weighted by Gasteiger charge is -2.28. The van der Waals surface area contributed by atoms with Gasteiger partial charge in [-0.05, 0) is 80.5 Å². The minimum atomic E-state index is 0.892. The van der Waals surface area contributed by atoms with E-state index in [4.69, 9.17) is 4.42 Å². The molecule has 0 saturated carbocycles. The predicted molar refractivity (Wildman–Crippen MR) is 186 cm³/mol. The van der Waals surface area contributed by atoms with Gasteiger partial charge in [-0.3, -0.25) is 0 Å². The van der Waals surface area contributed by atoms with E-state index in [1.807, 2.05) is 12.1 Å². The van der Waals surface area contributed by atoms with E-state index < -0.39 is 0 Å². The Morgan fingerprint density at radius 2 is 1.00 bits per heavy atom. The zero-order valence-electron chi connectivity index (χ0n) is 23.9. The molecule has 0 saturated heterocycles. The first-order chi connectivity index (χ1) is 21.8. The minimum absolute atomic E-state index is 0.892. The molecule has 206 valence electrons. The molecule has 9 rings (SSSR count). The standard InChI is InChI=1S/C42H27NO/c1-2-10-28(11-3-1)29-18-21-32(22-19-29)43(33-23-25-41-38(27-33)36-16-8-9-17-40(36)44-41)39-26-31-13-5-6-14-34(31)37-24-20-30-12-4-7-15-35(30)42(37)39/h1-27H. The van der Waals surface area contributed by atoms with E-state index >= 15 is 0 Å². The summed E-state index contributed by atoms with van der Waals surface area (Å²) in [6.07, 6.45) is 0. The Morgan fingerprint density at radius 3 is 1.84 bits per heavy atom. The second-order valence-corrected chi connectivity index (χ2v) is 11.4. The highest BCUT2D eigenvalue weighted by Crippen LogP contribution is 2.46. The Bertz CT molecular complexity index is 2490. The largest absolute Gasteiger partial charge is 0.456 e. The van der Waals surface area contributed by atoms with Crippen LogP contribution in [0.4, 0.5) is 17.1 Å². The van der Waals surface area contributed by atoms with Gasteiger partial charge < -0.3 is 9.32 Å². The Kier molecular flexibility index (Phi) is 5.54. The maximum atomic E-state index is 6.23. The van der Waals surface area contributed by atoms with E-state index in [0.29, 0.717) is 0 Å². The van der Waals surface area contributed by atoms with Gasteiger partial charge in [0.2, 0.25) is 0 Å². The molecule has 0 unspecified atom stereocenters. The number of hydrogen-bond acceptors (Lipinski definition) is 2. The Hall–Kier alpha value is -5.86. The van der Waals surface area contributed by atoms with Gasteiger partial charge in [0.25, 0.3) is 0 Å². The molecule has 0 bridgehead atoms. The lowest BCUT2D eigenvalue weighted by Crippen LogP contribution is -2.11. The topological polar surface area (TPSA) is 16.4 Å². The van der Waals surface area contributed by atoms with Gasteiger partial charge in [-0.2, -0.15) is 0 Å². The molecule has 0 aliphatic heterocycles. The van der Waals surface area contributed by atoms with Crippen LogP contribution in [0.15, 0.2) is 168 Å². The molecule has 8 aromatic carbocycles. The monoisotopic (exact) mass is 561 g/mol. The van der Waals surface area contributed by atoms with Crippen LogP contribution >= 0.6 is 0 Å². The average Bonchev–Trinajstić information content (AvgIpc) is 3.47. The molecule has 1 aromatic heterocycles. The van der Waals surface area contributed by atoms with E-state index in [9.17, 15) is 0 Å². The number of hydrogen-bond donors (Lipinski definition) is 0. The normalized spacial score (nSPS) is 11.6. The van der Waals surface area contributed by atoms with Crippen molar-refractivity contribution in [3.05, 3.63) is 164 Å². The molecular weight excluding hydrogens is 534 g/mol. The van der Waals surface area contributed by atoms with E-state index in [1.165, 1.54) is 43.4 Å². The summed E-state index contributed by atoms with van der Waals surface area (Å²) in [5.74, 6) is 0. The van der Waals surface area contributed by atoms with Gasteiger partial charge in [0, 0.05) is 27.5 Å². The van der Waals surface area contributed by atoms with Crippen LogP contribution in [0.1, 0.15) is 0 Å². The van der Waals surface area contributed by atoms with Gasteiger partial charge >= 0.3 is 0 Å². The van der Waals surface area contributed by atoms with Gasteiger partial charge in [0.05, 0.1) is 5.69 Å². The summed E-state index contributed by atoms with van der Waals surface area (Å²) >= 11 is 0. The third-order valence-electron chi connectivity index (χ3n) is 8.82. The smallest absolute Gasteiger partial charge is 0.135 e. The summed E-state index contributed by atoms with van der Waals surface area (Å²) in [5.41, 5.74) is 7.53. The highest BCUT2D eigenvalue weighted by atomic mass is 16.3. The number of benzene rings is 8. The number of rotatable bonds is 4. The fraction of sp³-hybridized carbons (Fsp3) is 0. The van der Waals surface area contributed by atoms with Gasteiger partial charge in [-0.1, -0.05) is 121 Å². The van der Waals surface area contributed by atoms with E-state index in [-0.39, 0.29) is 0 Å². The first-order valence-corrected chi connectivity index (χ1v) is 15.0. The lowest BCUT2D eigenvalue weighted by atomic mass is 9.94. The van der Waals surface area contributed by atoms with Crippen molar-refractivity contribution in [3.63, 3.8) is 0 Å². The summed E-state index contributed by atoms with van der Waals surface area (Å²) < 4.78 is 6.23. The molecule has 9 aromatic rings. The van der Waals surface area contributed by atoms with Crippen LogP contribution in [0.2, 0.25) is 0 Å². The van der Waals surface area contributed by atoms with Gasteiger partial charge in [0.1, 0.15) is 11.2 Å².